The summed E-state index contributed by atoms with van der Waals surface area (Å²) < 4.78 is 5.26. The standard InChI is InChI=1S/C38H35BN2P2/c1-3-19-38(33-20-9-4-10-21-33)32(2)39-40(42(34-22-11-5-12-23-34)35-24-13-6-14-25-35)30-31-41(39)43(36-26-15-7-16-27-36)37-28-17-8-18-29-37/h3-18,20-31H,1,19H2,2H3/b38-32-. The van der Waals surface area contributed by atoms with E-state index in [0.29, 0.717) is 0 Å². The summed E-state index contributed by atoms with van der Waals surface area (Å²) in [6.45, 7) is 6.50. The van der Waals surface area contributed by atoms with Crippen LogP contribution in [0, 0.1) is 0 Å². The highest BCUT2D eigenvalue weighted by Gasteiger charge is 2.44. The lowest BCUT2D eigenvalue weighted by Gasteiger charge is -2.40. The van der Waals surface area contributed by atoms with Crippen molar-refractivity contribution < 1.29 is 0 Å². The zero-order valence-electron chi connectivity index (χ0n) is 24.4. The van der Waals surface area contributed by atoms with Crippen LogP contribution in [0.25, 0.3) is 5.57 Å². The van der Waals surface area contributed by atoms with E-state index in [1.54, 1.807) is 0 Å². The molecule has 0 bridgehead atoms. The Morgan fingerprint density at radius 3 is 1.21 bits per heavy atom. The summed E-state index contributed by atoms with van der Waals surface area (Å²) in [6, 6.07) is 54.8. The zero-order valence-corrected chi connectivity index (χ0v) is 26.2. The van der Waals surface area contributed by atoms with Gasteiger partial charge in [-0.05, 0) is 45.7 Å². The highest BCUT2D eigenvalue weighted by Crippen LogP contribution is 2.51. The average molecular weight is 592 g/mol. The normalized spacial score (nSPS) is 13.5. The summed E-state index contributed by atoms with van der Waals surface area (Å²) in [5.74, 6) is 0. The molecule has 0 fully saturated rings. The van der Waals surface area contributed by atoms with Crippen LogP contribution in [-0.2, 0) is 0 Å². The second-order valence-corrected chi connectivity index (χ2v) is 14.7. The van der Waals surface area contributed by atoms with Gasteiger partial charge in [0.15, 0.2) is 0 Å². The Balaban J connectivity index is 1.58. The lowest BCUT2D eigenvalue weighted by Crippen LogP contribution is -2.45. The molecule has 0 atom stereocenters. The Hall–Kier alpha value is -4.16. The molecule has 5 heteroatoms. The van der Waals surface area contributed by atoms with Crippen molar-refractivity contribution in [3.8, 4) is 0 Å². The van der Waals surface area contributed by atoms with Gasteiger partial charge >= 0.3 is 6.98 Å². The van der Waals surface area contributed by atoms with Gasteiger partial charge in [-0.1, -0.05) is 163 Å². The van der Waals surface area contributed by atoms with Crippen molar-refractivity contribution in [1.82, 2.24) is 9.16 Å². The topological polar surface area (TPSA) is 6.48 Å². The SMILES string of the molecule is C=CC/C(=C(\C)B1N(P(c2ccccc2)c2ccccc2)C=CN1P(c1ccccc1)c1ccccc1)c1ccccc1. The van der Waals surface area contributed by atoms with Gasteiger partial charge in [-0.2, -0.15) is 0 Å². The molecule has 0 saturated heterocycles. The first-order valence-corrected chi connectivity index (χ1v) is 17.3. The van der Waals surface area contributed by atoms with Gasteiger partial charge in [0, 0.05) is 28.5 Å². The van der Waals surface area contributed by atoms with Crippen LogP contribution in [0.5, 0.6) is 0 Å². The maximum atomic E-state index is 4.16. The molecule has 0 radical (unpaired) electrons. The van der Waals surface area contributed by atoms with E-state index in [1.807, 2.05) is 6.08 Å². The quantitative estimate of drug-likeness (QED) is 0.0916. The number of rotatable bonds is 10. The molecule has 2 nitrogen and oxygen atoms in total. The maximum absolute atomic E-state index is 4.16. The monoisotopic (exact) mass is 592 g/mol. The van der Waals surface area contributed by atoms with E-state index in [0.717, 1.165) is 6.42 Å². The minimum absolute atomic E-state index is 0.00760. The van der Waals surface area contributed by atoms with E-state index >= 15 is 0 Å². The van der Waals surface area contributed by atoms with E-state index < -0.39 is 16.1 Å². The van der Waals surface area contributed by atoms with Crippen LogP contribution in [0.3, 0.4) is 0 Å². The third kappa shape index (κ3) is 6.30. The van der Waals surface area contributed by atoms with E-state index in [1.165, 1.54) is 37.8 Å². The van der Waals surface area contributed by atoms with Crippen molar-refractivity contribution in [1.29, 1.82) is 0 Å². The molecule has 0 spiro atoms. The van der Waals surface area contributed by atoms with E-state index in [-0.39, 0.29) is 6.98 Å². The largest absolute Gasteiger partial charge is 0.414 e. The van der Waals surface area contributed by atoms with Crippen molar-refractivity contribution in [2.45, 2.75) is 13.3 Å². The van der Waals surface area contributed by atoms with Gasteiger partial charge in [0.25, 0.3) is 0 Å². The van der Waals surface area contributed by atoms with Gasteiger partial charge in [-0.15, -0.1) is 6.58 Å². The Bertz CT molecular complexity index is 1510. The third-order valence-electron chi connectivity index (χ3n) is 7.67. The fraction of sp³-hybridized carbons (Fsp3) is 0.0526. The van der Waals surface area contributed by atoms with Gasteiger partial charge in [-0.25, -0.2) is 0 Å². The highest BCUT2D eigenvalue weighted by atomic mass is 31.1. The lowest BCUT2D eigenvalue weighted by atomic mass is 9.66. The molecule has 43 heavy (non-hydrogen) atoms. The van der Waals surface area contributed by atoms with E-state index in [4.69, 9.17) is 0 Å². The number of nitrogens with zero attached hydrogens (tertiary/aromatic N) is 2. The average Bonchev–Trinajstić information content (AvgIpc) is 3.50. The molecule has 1 aliphatic heterocycles. The Morgan fingerprint density at radius 1 is 0.558 bits per heavy atom. The summed E-state index contributed by atoms with van der Waals surface area (Å²) in [6.07, 6.45) is 7.53. The summed E-state index contributed by atoms with van der Waals surface area (Å²) in [4.78, 5) is 0. The minimum atomic E-state index is -0.861. The molecule has 5 aromatic carbocycles. The molecule has 0 saturated carbocycles. The molecule has 210 valence electrons. The number of benzene rings is 5. The summed E-state index contributed by atoms with van der Waals surface area (Å²) in [5.41, 5.74) is 3.92. The molecule has 6 rings (SSSR count). The van der Waals surface area contributed by atoms with Crippen molar-refractivity contribution in [2.75, 3.05) is 0 Å². The van der Waals surface area contributed by atoms with E-state index in [2.05, 4.69) is 187 Å². The van der Waals surface area contributed by atoms with Gasteiger partial charge in [0.2, 0.25) is 0 Å². The molecule has 0 amide bonds. The van der Waals surface area contributed by atoms with Crippen molar-refractivity contribution in [2.24, 2.45) is 0 Å². The Morgan fingerprint density at radius 2 is 0.884 bits per heavy atom. The maximum Gasteiger partial charge on any atom is 0.414 e. The summed E-state index contributed by atoms with van der Waals surface area (Å²) in [5, 5.41) is 5.34. The predicted octanol–water partition coefficient (Wildman–Crippen LogP) is 8.25. The number of hydrogen-bond donors (Lipinski definition) is 0. The summed E-state index contributed by atoms with van der Waals surface area (Å²) >= 11 is 0. The Labute approximate surface area is 259 Å². The first kappa shape index (κ1) is 28.9. The van der Waals surface area contributed by atoms with Crippen LogP contribution in [0.15, 0.2) is 182 Å². The first-order chi connectivity index (χ1) is 21.3. The fourth-order valence-electron chi connectivity index (χ4n) is 5.72. The first-order valence-electron chi connectivity index (χ1n) is 14.7. The van der Waals surface area contributed by atoms with Crippen LogP contribution >= 0.6 is 16.1 Å². The van der Waals surface area contributed by atoms with Gasteiger partial charge in [0.05, 0.1) is 0 Å². The number of hydrogen-bond acceptors (Lipinski definition) is 2. The van der Waals surface area contributed by atoms with Gasteiger partial charge < -0.3 is 9.16 Å². The second-order valence-electron chi connectivity index (χ2n) is 10.4. The van der Waals surface area contributed by atoms with Crippen LogP contribution < -0.4 is 21.2 Å². The molecule has 0 aromatic heterocycles. The minimum Gasteiger partial charge on any atom is -0.368 e. The van der Waals surface area contributed by atoms with Gasteiger partial charge in [0.1, 0.15) is 0 Å². The van der Waals surface area contributed by atoms with Gasteiger partial charge in [-0.3, -0.25) is 0 Å². The fourth-order valence-corrected chi connectivity index (χ4v) is 10.7. The van der Waals surface area contributed by atoms with Crippen molar-refractivity contribution >= 4 is 49.9 Å². The Kier molecular flexibility index (Phi) is 9.34. The molecular weight excluding hydrogens is 557 g/mol. The third-order valence-corrected chi connectivity index (χ3v) is 12.4. The molecular formula is C38H35BN2P2. The lowest BCUT2D eigenvalue weighted by molar-refractivity contribution is 0.885. The molecule has 5 aromatic rings. The van der Waals surface area contributed by atoms with Crippen LogP contribution in [-0.4, -0.2) is 16.1 Å². The smallest absolute Gasteiger partial charge is 0.368 e. The molecule has 1 heterocycles. The number of allylic oxidation sites excluding steroid dienone is 3. The van der Waals surface area contributed by atoms with Crippen molar-refractivity contribution in [3.63, 3.8) is 0 Å². The second kappa shape index (κ2) is 13.9. The van der Waals surface area contributed by atoms with Crippen LogP contribution in [0.4, 0.5) is 0 Å². The molecule has 1 aliphatic rings. The highest BCUT2D eigenvalue weighted by molar-refractivity contribution is 7.74. The molecule has 0 aliphatic carbocycles. The predicted molar refractivity (Wildman–Crippen MR) is 191 cm³/mol. The van der Waals surface area contributed by atoms with Crippen molar-refractivity contribution in [3.05, 3.63) is 188 Å². The zero-order chi connectivity index (χ0) is 29.4. The summed E-state index contributed by atoms with van der Waals surface area (Å²) in [7, 11) is -1.72. The van der Waals surface area contributed by atoms with E-state index in [9.17, 15) is 0 Å². The molecule has 0 unspecified atom stereocenters. The molecule has 0 N–H and O–H groups in total. The van der Waals surface area contributed by atoms with Crippen LogP contribution in [0.1, 0.15) is 18.9 Å². The van der Waals surface area contributed by atoms with Crippen LogP contribution in [0.2, 0.25) is 0 Å².